The molecular formula is C9H11N3O3. The highest BCUT2D eigenvalue weighted by molar-refractivity contribution is 6.37. The van der Waals surface area contributed by atoms with Crippen LogP contribution >= 0.6 is 0 Å². The number of anilines is 2. The van der Waals surface area contributed by atoms with Crippen molar-refractivity contribution in [1.29, 1.82) is 0 Å². The lowest BCUT2D eigenvalue weighted by Crippen LogP contribution is -2.25. The van der Waals surface area contributed by atoms with Crippen LogP contribution in [0.25, 0.3) is 0 Å². The summed E-state index contributed by atoms with van der Waals surface area (Å²) in [6, 6.07) is 3.18. The van der Waals surface area contributed by atoms with Crippen LogP contribution in [0.15, 0.2) is 18.3 Å². The van der Waals surface area contributed by atoms with Crippen LogP contribution in [0.5, 0.6) is 0 Å². The van der Waals surface area contributed by atoms with E-state index in [0.717, 1.165) is 0 Å². The Bertz CT molecular complexity index is 379. The zero-order valence-corrected chi connectivity index (χ0v) is 8.19. The summed E-state index contributed by atoms with van der Waals surface area (Å²) in [5.41, 5.74) is 5.80. The van der Waals surface area contributed by atoms with Gasteiger partial charge in [0.1, 0.15) is 0 Å². The molecule has 6 nitrogen and oxygen atoms in total. The second-order valence-corrected chi connectivity index (χ2v) is 2.62. The van der Waals surface area contributed by atoms with Crippen LogP contribution in [-0.2, 0) is 14.3 Å². The second kappa shape index (κ2) is 4.94. The number of amides is 1. The Kier molecular flexibility index (Phi) is 3.61. The fraction of sp³-hybridized carbons (Fsp3) is 0.222. The van der Waals surface area contributed by atoms with E-state index in [-0.39, 0.29) is 18.1 Å². The Labute approximate surface area is 86.4 Å². The van der Waals surface area contributed by atoms with Crippen molar-refractivity contribution in [3.05, 3.63) is 18.3 Å². The zero-order valence-electron chi connectivity index (χ0n) is 8.19. The van der Waals surface area contributed by atoms with E-state index < -0.39 is 11.9 Å². The molecule has 0 saturated carbocycles. The van der Waals surface area contributed by atoms with E-state index in [1.165, 1.54) is 6.20 Å². The molecule has 1 rings (SSSR count). The molecule has 3 N–H and O–H groups in total. The first kappa shape index (κ1) is 11.0. The summed E-state index contributed by atoms with van der Waals surface area (Å²) in [6.07, 6.45) is 1.46. The molecule has 15 heavy (non-hydrogen) atoms. The van der Waals surface area contributed by atoms with Gasteiger partial charge in [-0.15, -0.1) is 0 Å². The van der Waals surface area contributed by atoms with E-state index in [1.54, 1.807) is 19.1 Å². The smallest absolute Gasteiger partial charge is 0.397 e. The van der Waals surface area contributed by atoms with Crippen LogP contribution in [-0.4, -0.2) is 23.5 Å². The van der Waals surface area contributed by atoms with Crippen molar-refractivity contribution in [2.75, 3.05) is 17.7 Å². The molecule has 1 heterocycles. The second-order valence-electron chi connectivity index (χ2n) is 2.62. The number of nitrogen functional groups attached to an aromatic ring is 1. The molecule has 0 aliphatic rings. The molecule has 0 spiro atoms. The van der Waals surface area contributed by atoms with Crippen molar-refractivity contribution in [3.8, 4) is 0 Å². The number of aromatic nitrogens is 1. The van der Waals surface area contributed by atoms with Gasteiger partial charge in [0.15, 0.2) is 5.82 Å². The molecule has 0 saturated heterocycles. The highest BCUT2D eigenvalue weighted by Crippen LogP contribution is 2.12. The number of carbonyl (C=O) groups excluding carboxylic acids is 2. The Morgan fingerprint density at radius 1 is 1.60 bits per heavy atom. The average Bonchev–Trinajstić information content (AvgIpc) is 2.21. The fourth-order valence-corrected chi connectivity index (χ4v) is 0.877. The minimum absolute atomic E-state index is 0.143. The maximum absolute atomic E-state index is 11.2. The van der Waals surface area contributed by atoms with E-state index in [9.17, 15) is 9.59 Å². The van der Waals surface area contributed by atoms with Gasteiger partial charge in [0.05, 0.1) is 12.3 Å². The SMILES string of the molecule is CCOC(=O)C(=O)Nc1ncccc1N. The van der Waals surface area contributed by atoms with E-state index in [2.05, 4.69) is 15.0 Å². The summed E-state index contributed by atoms with van der Waals surface area (Å²) in [6.45, 7) is 1.75. The predicted molar refractivity (Wildman–Crippen MR) is 53.9 cm³/mol. The number of carbonyl (C=O) groups is 2. The van der Waals surface area contributed by atoms with Crippen molar-refractivity contribution in [2.24, 2.45) is 0 Å². The van der Waals surface area contributed by atoms with Crippen molar-refractivity contribution in [1.82, 2.24) is 4.98 Å². The lowest BCUT2D eigenvalue weighted by molar-refractivity contribution is -0.152. The van der Waals surface area contributed by atoms with E-state index >= 15 is 0 Å². The van der Waals surface area contributed by atoms with Crippen LogP contribution in [0.4, 0.5) is 11.5 Å². The average molecular weight is 209 g/mol. The summed E-state index contributed by atoms with van der Waals surface area (Å²) in [5, 5.41) is 2.25. The fourth-order valence-electron chi connectivity index (χ4n) is 0.877. The molecule has 0 bridgehead atoms. The summed E-state index contributed by atoms with van der Waals surface area (Å²) < 4.78 is 4.50. The molecule has 1 aromatic rings. The number of ether oxygens (including phenoxy) is 1. The van der Waals surface area contributed by atoms with E-state index in [1.807, 2.05) is 0 Å². The van der Waals surface area contributed by atoms with Crippen LogP contribution < -0.4 is 11.1 Å². The van der Waals surface area contributed by atoms with Crippen molar-refractivity contribution >= 4 is 23.4 Å². The molecule has 0 unspecified atom stereocenters. The molecule has 0 radical (unpaired) electrons. The molecule has 0 fully saturated rings. The normalized spacial score (nSPS) is 9.40. The topological polar surface area (TPSA) is 94.3 Å². The summed E-state index contributed by atoms with van der Waals surface area (Å²) >= 11 is 0. The number of nitrogens with two attached hydrogens (primary N) is 1. The van der Waals surface area contributed by atoms with E-state index in [0.29, 0.717) is 0 Å². The largest absolute Gasteiger partial charge is 0.459 e. The predicted octanol–water partition coefficient (Wildman–Crippen LogP) is 0.165. The molecule has 1 aromatic heterocycles. The monoisotopic (exact) mass is 209 g/mol. The lowest BCUT2D eigenvalue weighted by Gasteiger charge is -2.05. The Hall–Kier alpha value is -2.11. The maximum atomic E-state index is 11.2. The molecule has 0 aliphatic carbocycles. The molecule has 0 aliphatic heterocycles. The highest BCUT2D eigenvalue weighted by Gasteiger charge is 2.16. The van der Waals surface area contributed by atoms with Gasteiger partial charge in [-0.25, -0.2) is 9.78 Å². The quantitative estimate of drug-likeness (QED) is 0.534. The third-order valence-electron chi connectivity index (χ3n) is 1.53. The lowest BCUT2D eigenvalue weighted by atomic mass is 10.4. The number of nitrogens with one attached hydrogen (secondary N) is 1. The standard InChI is InChI=1S/C9H11N3O3/c1-2-15-9(14)8(13)12-7-6(10)4-3-5-11-7/h3-5H,2,10H2,1H3,(H,11,12,13). The number of pyridine rings is 1. The number of rotatable bonds is 2. The van der Waals surface area contributed by atoms with Gasteiger partial charge in [-0.3, -0.25) is 10.1 Å². The number of hydrogen-bond acceptors (Lipinski definition) is 5. The number of esters is 1. The zero-order chi connectivity index (χ0) is 11.3. The first-order valence-corrected chi connectivity index (χ1v) is 4.33. The molecule has 80 valence electrons. The molecule has 1 amide bonds. The van der Waals surface area contributed by atoms with Gasteiger partial charge >= 0.3 is 11.9 Å². The van der Waals surface area contributed by atoms with Crippen molar-refractivity contribution in [3.63, 3.8) is 0 Å². The molecule has 6 heteroatoms. The Morgan fingerprint density at radius 2 is 2.33 bits per heavy atom. The third-order valence-corrected chi connectivity index (χ3v) is 1.53. The molecule has 0 atom stereocenters. The van der Waals surface area contributed by atoms with Gasteiger partial charge in [0.2, 0.25) is 0 Å². The van der Waals surface area contributed by atoms with Crippen molar-refractivity contribution < 1.29 is 14.3 Å². The minimum atomic E-state index is -0.956. The van der Waals surface area contributed by atoms with Crippen molar-refractivity contribution in [2.45, 2.75) is 6.92 Å². The van der Waals surface area contributed by atoms with Gasteiger partial charge in [-0.1, -0.05) is 0 Å². The summed E-state index contributed by atoms with van der Waals surface area (Å²) in [7, 11) is 0. The Balaban J connectivity index is 2.67. The van der Waals surface area contributed by atoms with Crippen LogP contribution in [0.2, 0.25) is 0 Å². The first-order valence-electron chi connectivity index (χ1n) is 4.33. The Morgan fingerprint density at radius 3 is 2.93 bits per heavy atom. The van der Waals surface area contributed by atoms with Crippen LogP contribution in [0, 0.1) is 0 Å². The molecular weight excluding hydrogens is 198 g/mol. The van der Waals surface area contributed by atoms with Gasteiger partial charge in [-0.05, 0) is 19.1 Å². The number of nitrogens with zero attached hydrogens (tertiary/aromatic N) is 1. The minimum Gasteiger partial charge on any atom is -0.459 e. The molecule has 0 aromatic carbocycles. The third kappa shape index (κ3) is 2.94. The first-order chi connectivity index (χ1) is 7.15. The summed E-state index contributed by atoms with van der Waals surface area (Å²) in [5.74, 6) is -1.69. The highest BCUT2D eigenvalue weighted by atomic mass is 16.5. The van der Waals surface area contributed by atoms with Crippen LogP contribution in [0.3, 0.4) is 0 Å². The number of hydrogen-bond donors (Lipinski definition) is 2. The van der Waals surface area contributed by atoms with Gasteiger partial charge in [0.25, 0.3) is 0 Å². The van der Waals surface area contributed by atoms with Gasteiger partial charge in [0, 0.05) is 6.20 Å². The van der Waals surface area contributed by atoms with Gasteiger partial charge in [-0.2, -0.15) is 0 Å². The van der Waals surface area contributed by atoms with Gasteiger partial charge < -0.3 is 10.5 Å². The van der Waals surface area contributed by atoms with Crippen LogP contribution in [0.1, 0.15) is 6.92 Å². The van der Waals surface area contributed by atoms with E-state index in [4.69, 9.17) is 5.73 Å². The maximum Gasteiger partial charge on any atom is 0.397 e. The summed E-state index contributed by atoms with van der Waals surface area (Å²) in [4.78, 5) is 25.9.